The maximum Gasteiger partial charge on any atom is 0.247 e. The standard InChI is InChI=1S/C11H11NO4/c1-15-7-5-3-2-4-6(7)10-8(13)9(14)11(12)16-10/h2-5,10,14H,12H2,1H3/t10-/m1/s1. The normalized spacial score (nSPS) is 19.8. The number of para-hydroxylation sites is 1. The number of hydrogen-bond donors (Lipinski definition) is 2. The van der Waals surface area contributed by atoms with E-state index in [2.05, 4.69) is 0 Å². The second kappa shape index (κ2) is 3.77. The highest BCUT2D eigenvalue weighted by Crippen LogP contribution is 2.34. The van der Waals surface area contributed by atoms with Crippen molar-refractivity contribution >= 4 is 5.78 Å². The Labute approximate surface area is 92.1 Å². The lowest BCUT2D eigenvalue weighted by Crippen LogP contribution is -2.11. The topological polar surface area (TPSA) is 81.8 Å². The number of ether oxygens (including phenoxy) is 2. The molecule has 1 aliphatic rings. The molecule has 84 valence electrons. The lowest BCUT2D eigenvalue weighted by atomic mass is 10.0. The quantitative estimate of drug-likeness (QED) is 0.779. The Balaban J connectivity index is 2.38. The predicted molar refractivity (Wildman–Crippen MR) is 55.7 cm³/mol. The van der Waals surface area contributed by atoms with Crippen LogP contribution >= 0.6 is 0 Å². The maximum absolute atomic E-state index is 11.6. The molecule has 0 aromatic heterocycles. The molecular weight excluding hydrogens is 210 g/mol. The molecule has 0 spiro atoms. The number of hydrogen-bond acceptors (Lipinski definition) is 5. The fourth-order valence-corrected chi connectivity index (χ4v) is 1.57. The SMILES string of the molecule is COc1ccccc1[C@H]1OC(N)=C(O)C1=O. The van der Waals surface area contributed by atoms with E-state index in [1.165, 1.54) is 7.11 Å². The number of Topliss-reactive ketones (excluding diaryl/α,β-unsaturated/α-hetero) is 1. The van der Waals surface area contributed by atoms with Gasteiger partial charge in [-0.05, 0) is 6.07 Å². The van der Waals surface area contributed by atoms with Crippen molar-refractivity contribution in [2.75, 3.05) is 7.11 Å². The van der Waals surface area contributed by atoms with E-state index in [0.29, 0.717) is 11.3 Å². The van der Waals surface area contributed by atoms with Crippen LogP contribution in [0.3, 0.4) is 0 Å². The van der Waals surface area contributed by atoms with Crippen molar-refractivity contribution in [2.45, 2.75) is 6.10 Å². The van der Waals surface area contributed by atoms with Crippen LogP contribution in [0.4, 0.5) is 0 Å². The molecule has 16 heavy (non-hydrogen) atoms. The highest BCUT2D eigenvalue weighted by molar-refractivity contribution is 5.99. The molecule has 3 N–H and O–H groups in total. The van der Waals surface area contributed by atoms with Crippen molar-refractivity contribution in [2.24, 2.45) is 5.73 Å². The Hall–Kier alpha value is -2.17. The van der Waals surface area contributed by atoms with Gasteiger partial charge in [-0.3, -0.25) is 4.79 Å². The highest BCUT2D eigenvalue weighted by atomic mass is 16.5. The molecule has 0 aliphatic carbocycles. The molecule has 0 bridgehead atoms. The Kier molecular flexibility index (Phi) is 2.44. The van der Waals surface area contributed by atoms with Crippen molar-refractivity contribution in [1.82, 2.24) is 0 Å². The molecule has 1 aromatic rings. The second-order valence-corrected chi connectivity index (χ2v) is 3.32. The van der Waals surface area contributed by atoms with Gasteiger partial charge < -0.3 is 20.3 Å². The third kappa shape index (κ3) is 1.46. The molecule has 1 aromatic carbocycles. The Morgan fingerprint density at radius 1 is 1.44 bits per heavy atom. The number of ketones is 1. The van der Waals surface area contributed by atoms with Crippen molar-refractivity contribution < 1.29 is 19.4 Å². The van der Waals surface area contributed by atoms with E-state index in [0.717, 1.165) is 0 Å². The van der Waals surface area contributed by atoms with Crippen LogP contribution < -0.4 is 10.5 Å². The number of aliphatic hydroxyl groups excluding tert-OH is 1. The Morgan fingerprint density at radius 3 is 2.69 bits per heavy atom. The zero-order chi connectivity index (χ0) is 11.7. The van der Waals surface area contributed by atoms with Gasteiger partial charge in [0.1, 0.15) is 5.75 Å². The summed E-state index contributed by atoms with van der Waals surface area (Å²) in [6.45, 7) is 0. The first-order valence-corrected chi connectivity index (χ1v) is 4.67. The first-order valence-electron chi connectivity index (χ1n) is 4.67. The van der Waals surface area contributed by atoms with Gasteiger partial charge in [0.05, 0.1) is 7.11 Å². The first kappa shape index (κ1) is 10.4. The van der Waals surface area contributed by atoms with E-state index in [4.69, 9.17) is 15.2 Å². The molecule has 0 saturated carbocycles. The average molecular weight is 221 g/mol. The van der Waals surface area contributed by atoms with Gasteiger partial charge in [0.25, 0.3) is 0 Å². The monoisotopic (exact) mass is 221 g/mol. The molecule has 5 nitrogen and oxygen atoms in total. The summed E-state index contributed by atoms with van der Waals surface area (Å²) in [6.07, 6.45) is -0.920. The number of methoxy groups -OCH3 is 1. The minimum atomic E-state index is -0.920. The molecule has 2 rings (SSSR count). The van der Waals surface area contributed by atoms with Crippen LogP contribution in [0.25, 0.3) is 0 Å². The molecular formula is C11H11NO4. The minimum absolute atomic E-state index is 0.249. The average Bonchev–Trinajstić information content (AvgIpc) is 2.57. The number of carbonyl (C=O) groups excluding carboxylic acids is 1. The molecule has 1 aliphatic heterocycles. The van der Waals surface area contributed by atoms with E-state index >= 15 is 0 Å². The zero-order valence-electron chi connectivity index (χ0n) is 8.64. The van der Waals surface area contributed by atoms with Crippen molar-refractivity contribution in [3.05, 3.63) is 41.5 Å². The van der Waals surface area contributed by atoms with Crippen LogP contribution in [0.5, 0.6) is 5.75 Å². The lowest BCUT2D eigenvalue weighted by Gasteiger charge is -2.13. The third-order valence-electron chi connectivity index (χ3n) is 2.37. The van der Waals surface area contributed by atoms with Crippen molar-refractivity contribution in [3.8, 4) is 5.75 Å². The molecule has 0 unspecified atom stereocenters. The van der Waals surface area contributed by atoms with Crippen LogP contribution in [0, 0.1) is 0 Å². The van der Waals surface area contributed by atoms with Gasteiger partial charge in [-0.25, -0.2) is 0 Å². The summed E-state index contributed by atoms with van der Waals surface area (Å²) in [4.78, 5) is 11.6. The van der Waals surface area contributed by atoms with Gasteiger partial charge in [-0.2, -0.15) is 0 Å². The van der Waals surface area contributed by atoms with E-state index in [1.54, 1.807) is 24.3 Å². The van der Waals surface area contributed by atoms with Crippen LogP contribution in [-0.4, -0.2) is 18.0 Å². The number of carbonyl (C=O) groups is 1. The molecule has 5 heteroatoms. The van der Waals surface area contributed by atoms with Crippen LogP contribution in [0.15, 0.2) is 35.9 Å². The number of rotatable bonds is 2. The number of benzene rings is 1. The summed E-state index contributed by atoms with van der Waals surface area (Å²) in [6, 6.07) is 6.92. The summed E-state index contributed by atoms with van der Waals surface area (Å²) < 4.78 is 10.2. The van der Waals surface area contributed by atoms with Crippen LogP contribution in [0.1, 0.15) is 11.7 Å². The molecule has 1 atom stereocenters. The summed E-state index contributed by atoms with van der Waals surface area (Å²) in [7, 11) is 1.49. The van der Waals surface area contributed by atoms with E-state index < -0.39 is 17.6 Å². The predicted octanol–water partition coefficient (Wildman–Crippen LogP) is 1.02. The lowest BCUT2D eigenvalue weighted by molar-refractivity contribution is -0.123. The summed E-state index contributed by atoms with van der Waals surface area (Å²) in [5, 5.41) is 9.30. The maximum atomic E-state index is 11.6. The Morgan fingerprint density at radius 2 is 2.12 bits per heavy atom. The largest absolute Gasteiger partial charge is 0.501 e. The fraction of sp³-hybridized carbons (Fsp3) is 0.182. The minimum Gasteiger partial charge on any atom is -0.501 e. The van der Waals surface area contributed by atoms with Crippen molar-refractivity contribution in [1.29, 1.82) is 0 Å². The molecule has 1 heterocycles. The number of nitrogens with two attached hydrogens (primary N) is 1. The molecule has 0 amide bonds. The van der Waals surface area contributed by atoms with Crippen LogP contribution in [-0.2, 0) is 9.53 Å². The summed E-state index contributed by atoms with van der Waals surface area (Å²) in [5.41, 5.74) is 5.88. The Bertz CT molecular complexity index is 467. The molecule has 0 saturated heterocycles. The van der Waals surface area contributed by atoms with Gasteiger partial charge in [0.2, 0.25) is 17.4 Å². The van der Waals surface area contributed by atoms with Gasteiger partial charge in [0, 0.05) is 5.56 Å². The smallest absolute Gasteiger partial charge is 0.247 e. The van der Waals surface area contributed by atoms with Gasteiger partial charge in [-0.1, -0.05) is 18.2 Å². The van der Waals surface area contributed by atoms with E-state index in [-0.39, 0.29) is 5.88 Å². The summed E-state index contributed by atoms with van der Waals surface area (Å²) >= 11 is 0. The molecule has 0 radical (unpaired) electrons. The van der Waals surface area contributed by atoms with E-state index in [9.17, 15) is 9.90 Å². The molecule has 0 fully saturated rings. The third-order valence-corrected chi connectivity index (χ3v) is 2.37. The van der Waals surface area contributed by atoms with Gasteiger partial charge >= 0.3 is 0 Å². The van der Waals surface area contributed by atoms with Crippen LogP contribution in [0.2, 0.25) is 0 Å². The van der Waals surface area contributed by atoms with Crippen molar-refractivity contribution in [3.63, 3.8) is 0 Å². The van der Waals surface area contributed by atoms with E-state index in [1.807, 2.05) is 0 Å². The fourth-order valence-electron chi connectivity index (χ4n) is 1.57. The zero-order valence-corrected chi connectivity index (χ0v) is 8.64. The second-order valence-electron chi connectivity index (χ2n) is 3.32. The van der Waals surface area contributed by atoms with Gasteiger partial charge in [0.15, 0.2) is 6.10 Å². The highest BCUT2D eigenvalue weighted by Gasteiger charge is 2.36. The number of aliphatic hydroxyl groups is 1. The van der Waals surface area contributed by atoms with Gasteiger partial charge in [-0.15, -0.1) is 0 Å². The summed E-state index contributed by atoms with van der Waals surface area (Å²) in [5.74, 6) is -0.817. The first-order chi connectivity index (χ1) is 7.65.